The summed E-state index contributed by atoms with van der Waals surface area (Å²) in [6, 6.07) is 12.4. The van der Waals surface area contributed by atoms with Crippen LogP contribution in [0.5, 0.6) is 0 Å². The van der Waals surface area contributed by atoms with E-state index in [1.165, 1.54) is 5.56 Å². The molecule has 6 heteroatoms. The van der Waals surface area contributed by atoms with Crippen LogP contribution in [0.3, 0.4) is 0 Å². The number of rotatable bonds is 12. The van der Waals surface area contributed by atoms with E-state index in [4.69, 9.17) is 0 Å². The van der Waals surface area contributed by atoms with Gasteiger partial charge < -0.3 is 9.80 Å². The quantitative estimate of drug-likeness (QED) is 0.454. The van der Waals surface area contributed by atoms with Gasteiger partial charge in [0.25, 0.3) is 0 Å². The zero-order valence-corrected chi connectivity index (χ0v) is 20.9. The maximum Gasteiger partial charge on any atom is 0.184 e. The highest BCUT2D eigenvalue weighted by Crippen LogP contribution is 2.21. The summed E-state index contributed by atoms with van der Waals surface area (Å²) in [6.45, 7) is 17.1. The molecule has 1 saturated heterocycles. The fourth-order valence-corrected chi connectivity index (χ4v) is 4.74. The minimum Gasteiger partial charge on any atom is -0.354 e. The topological polar surface area (TPSA) is 52.6 Å². The van der Waals surface area contributed by atoms with Gasteiger partial charge >= 0.3 is 0 Å². The normalized spacial score (nSPS) is 16.7. The molecule has 33 heavy (non-hydrogen) atoms. The number of piperazine rings is 1. The summed E-state index contributed by atoms with van der Waals surface area (Å²) in [5.41, 5.74) is 1.87. The Morgan fingerprint density at radius 3 is 2.39 bits per heavy atom. The number of ketones is 1. The lowest BCUT2D eigenvalue weighted by molar-refractivity contribution is 0.0908. The first kappa shape index (κ1) is 25.3. The summed E-state index contributed by atoms with van der Waals surface area (Å²) in [5, 5.41) is 0. The smallest absolute Gasteiger partial charge is 0.184 e. The molecule has 0 bridgehead atoms. The highest BCUT2D eigenvalue weighted by Gasteiger charge is 2.23. The van der Waals surface area contributed by atoms with Crippen molar-refractivity contribution in [2.24, 2.45) is 11.8 Å². The van der Waals surface area contributed by atoms with Crippen molar-refractivity contribution in [3.63, 3.8) is 0 Å². The van der Waals surface area contributed by atoms with Crippen LogP contribution < -0.4 is 4.90 Å². The van der Waals surface area contributed by atoms with Gasteiger partial charge in [-0.2, -0.15) is 0 Å². The summed E-state index contributed by atoms with van der Waals surface area (Å²) in [7, 11) is 0. The van der Waals surface area contributed by atoms with E-state index in [1.54, 1.807) is 6.33 Å². The number of hydrogen-bond acceptors (Lipinski definition) is 6. The van der Waals surface area contributed by atoms with Crippen molar-refractivity contribution in [1.29, 1.82) is 0 Å². The number of carbonyl (C=O) groups excluding carboxylic acids is 1. The average Bonchev–Trinajstić information content (AvgIpc) is 2.85. The second-order valence-electron chi connectivity index (χ2n) is 9.41. The molecule has 1 aliphatic heterocycles. The first-order chi connectivity index (χ1) is 16.0. The molecule has 2 atom stereocenters. The number of Topliss-reactive ketones (excluding diaryl/α,β-unsaturated/α-hetero) is 1. The van der Waals surface area contributed by atoms with Crippen LogP contribution in [0, 0.1) is 11.8 Å². The second-order valence-corrected chi connectivity index (χ2v) is 9.41. The predicted octanol–water partition coefficient (Wildman–Crippen LogP) is 4.03. The van der Waals surface area contributed by atoms with Gasteiger partial charge in [-0.3, -0.25) is 9.69 Å². The number of carbonyl (C=O) groups is 1. The Morgan fingerprint density at radius 1 is 1.03 bits per heavy atom. The molecule has 0 saturated carbocycles. The van der Waals surface area contributed by atoms with Gasteiger partial charge in [0.15, 0.2) is 5.78 Å². The van der Waals surface area contributed by atoms with Crippen LogP contribution in [0.1, 0.15) is 50.2 Å². The minimum absolute atomic E-state index is 0.0524. The van der Waals surface area contributed by atoms with Crippen molar-refractivity contribution in [3.8, 4) is 0 Å². The second kappa shape index (κ2) is 12.8. The number of benzene rings is 1. The third kappa shape index (κ3) is 7.61. The number of anilines is 1. The van der Waals surface area contributed by atoms with E-state index < -0.39 is 0 Å². The van der Waals surface area contributed by atoms with Crippen LogP contribution in [-0.2, 0) is 6.42 Å². The van der Waals surface area contributed by atoms with Crippen molar-refractivity contribution in [3.05, 3.63) is 54.0 Å². The van der Waals surface area contributed by atoms with E-state index in [0.717, 1.165) is 71.0 Å². The predicted molar refractivity (Wildman–Crippen MR) is 136 cm³/mol. The molecule has 1 fully saturated rings. The average molecular weight is 452 g/mol. The Labute approximate surface area is 200 Å². The number of hydrogen-bond donors (Lipinski definition) is 0. The van der Waals surface area contributed by atoms with Crippen LogP contribution in [0.4, 0.5) is 5.82 Å². The Kier molecular flexibility index (Phi) is 9.82. The SMILES string of the molecule is CCN(CC)CCN1CCN(c2cc(C(=O)C(C)CC(C)Cc3ccccc3)ncn2)CC1. The standard InChI is InChI=1S/C27H41N5O/c1-5-30(6-2)12-13-31-14-16-32(17-15-31)26-20-25(28-21-29-26)27(33)23(4)18-22(3)19-24-10-8-7-9-11-24/h7-11,20-23H,5-6,12-19H2,1-4H3. The molecule has 0 aliphatic carbocycles. The summed E-state index contributed by atoms with van der Waals surface area (Å²) < 4.78 is 0. The molecule has 2 unspecified atom stereocenters. The first-order valence-electron chi connectivity index (χ1n) is 12.6. The minimum atomic E-state index is -0.0524. The molecule has 6 nitrogen and oxygen atoms in total. The third-order valence-electron chi connectivity index (χ3n) is 6.86. The van der Waals surface area contributed by atoms with Crippen LogP contribution in [0.15, 0.2) is 42.7 Å². The molecule has 0 amide bonds. The molecule has 1 aliphatic rings. The number of aromatic nitrogens is 2. The van der Waals surface area contributed by atoms with Crippen molar-refractivity contribution in [1.82, 2.24) is 19.8 Å². The molecule has 2 heterocycles. The molecule has 3 rings (SSSR count). The zero-order valence-electron chi connectivity index (χ0n) is 20.9. The molecular weight excluding hydrogens is 410 g/mol. The molecule has 180 valence electrons. The lowest BCUT2D eigenvalue weighted by Crippen LogP contribution is -2.48. The molecule has 2 aromatic rings. The summed E-state index contributed by atoms with van der Waals surface area (Å²) in [6.07, 6.45) is 3.40. The molecule has 1 aromatic heterocycles. The summed E-state index contributed by atoms with van der Waals surface area (Å²) in [5.74, 6) is 1.39. The highest BCUT2D eigenvalue weighted by atomic mass is 16.1. The van der Waals surface area contributed by atoms with Crippen molar-refractivity contribution >= 4 is 11.6 Å². The van der Waals surface area contributed by atoms with Gasteiger partial charge in [0.05, 0.1) is 0 Å². The van der Waals surface area contributed by atoms with Gasteiger partial charge in [0.1, 0.15) is 17.8 Å². The van der Waals surface area contributed by atoms with Gasteiger partial charge in [-0.1, -0.05) is 58.0 Å². The van der Waals surface area contributed by atoms with E-state index >= 15 is 0 Å². The molecule has 1 aromatic carbocycles. The summed E-state index contributed by atoms with van der Waals surface area (Å²) in [4.78, 5) is 29.2. The molecule has 0 N–H and O–H groups in total. The van der Waals surface area contributed by atoms with Crippen LogP contribution >= 0.6 is 0 Å². The lowest BCUT2D eigenvalue weighted by atomic mass is 9.88. The van der Waals surface area contributed by atoms with Gasteiger partial charge in [0.2, 0.25) is 0 Å². The van der Waals surface area contributed by atoms with Crippen LogP contribution in [0.25, 0.3) is 0 Å². The monoisotopic (exact) mass is 451 g/mol. The Balaban J connectivity index is 1.51. The first-order valence-corrected chi connectivity index (χ1v) is 12.6. The fourth-order valence-electron chi connectivity index (χ4n) is 4.74. The fraction of sp³-hybridized carbons (Fsp3) is 0.593. The summed E-state index contributed by atoms with van der Waals surface area (Å²) >= 11 is 0. The van der Waals surface area contributed by atoms with E-state index in [1.807, 2.05) is 19.1 Å². The van der Waals surface area contributed by atoms with Gasteiger partial charge in [0, 0.05) is 51.3 Å². The van der Waals surface area contributed by atoms with Crippen LogP contribution in [-0.4, -0.2) is 77.9 Å². The van der Waals surface area contributed by atoms with Gasteiger partial charge in [-0.25, -0.2) is 9.97 Å². The maximum atomic E-state index is 13.1. The van der Waals surface area contributed by atoms with Gasteiger partial charge in [-0.05, 0) is 37.4 Å². The molecular formula is C27H41N5O. The zero-order chi connectivity index (χ0) is 23.6. The Hall–Kier alpha value is -2.31. The molecule has 0 spiro atoms. The maximum absolute atomic E-state index is 13.1. The number of likely N-dealkylation sites (N-methyl/N-ethyl adjacent to an activating group) is 1. The largest absolute Gasteiger partial charge is 0.354 e. The van der Waals surface area contributed by atoms with E-state index in [9.17, 15) is 4.79 Å². The van der Waals surface area contributed by atoms with Crippen molar-refractivity contribution in [2.45, 2.75) is 40.5 Å². The highest BCUT2D eigenvalue weighted by molar-refractivity contribution is 5.96. The third-order valence-corrected chi connectivity index (χ3v) is 6.86. The Bertz CT molecular complexity index is 847. The van der Waals surface area contributed by atoms with E-state index in [-0.39, 0.29) is 11.7 Å². The molecule has 0 radical (unpaired) electrons. The van der Waals surface area contributed by atoms with Crippen molar-refractivity contribution < 1.29 is 4.79 Å². The Morgan fingerprint density at radius 2 is 1.73 bits per heavy atom. The van der Waals surface area contributed by atoms with Crippen LogP contribution in [0.2, 0.25) is 0 Å². The van der Waals surface area contributed by atoms with Gasteiger partial charge in [-0.15, -0.1) is 0 Å². The number of nitrogens with zero attached hydrogens (tertiary/aromatic N) is 5. The van der Waals surface area contributed by atoms with Crippen molar-refractivity contribution in [2.75, 3.05) is 57.3 Å². The van der Waals surface area contributed by atoms with E-state index in [2.05, 4.69) is 69.7 Å². The lowest BCUT2D eigenvalue weighted by Gasteiger charge is -2.36. The van der Waals surface area contributed by atoms with E-state index in [0.29, 0.717) is 11.6 Å².